The summed E-state index contributed by atoms with van der Waals surface area (Å²) in [4.78, 5) is 52.6. The summed E-state index contributed by atoms with van der Waals surface area (Å²) in [5.41, 5.74) is 4.15. The number of aryl methyl sites for hydroxylation is 1. The highest BCUT2D eigenvalue weighted by molar-refractivity contribution is 6.17. The number of anilines is 3. The van der Waals surface area contributed by atoms with Crippen LogP contribution in [-0.4, -0.2) is 68.5 Å². The lowest BCUT2D eigenvalue weighted by molar-refractivity contribution is -0.167. The molecule has 0 aliphatic carbocycles. The van der Waals surface area contributed by atoms with Gasteiger partial charge in [0, 0.05) is 25.8 Å². The number of likely N-dealkylation sites (N-methyl/N-ethyl adjacent to an activating group) is 1. The number of nitrogens with one attached hydrogen (secondary N) is 2. The molecule has 0 bridgehead atoms. The lowest BCUT2D eigenvalue weighted by Gasteiger charge is -2.31. The third-order valence-electron chi connectivity index (χ3n) is 6.76. The van der Waals surface area contributed by atoms with Gasteiger partial charge in [0.1, 0.15) is 6.54 Å². The first-order chi connectivity index (χ1) is 21.3. The van der Waals surface area contributed by atoms with Crippen molar-refractivity contribution in [1.29, 1.82) is 0 Å². The molecule has 12 heteroatoms. The van der Waals surface area contributed by atoms with Gasteiger partial charge in [0.15, 0.2) is 6.07 Å². The van der Waals surface area contributed by atoms with E-state index in [0.717, 1.165) is 34.8 Å². The molecule has 2 aromatic carbocycles. The first-order valence-electron chi connectivity index (χ1n) is 15.1. The number of benzene rings is 2. The number of alkyl halides is 1. The Morgan fingerprint density at radius 3 is 2.07 bits per heavy atom. The zero-order valence-corrected chi connectivity index (χ0v) is 28.1. The maximum Gasteiger partial charge on any atom is 0.411 e. The second-order valence-electron chi connectivity index (χ2n) is 11.7. The van der Waals surface area contributed by atoms with Crippen molar-refractivity contribution in [3.8, 4) is 0 Å². The average Bonchev–Trinajstić information content (AvgIpc) is 2.96. The summed E-state index contributed by atoms with van der Waals surface area (Å²) < 4.78 is 14.7. The van der Waals surface area contributed by atoms with E-state index < -0.39 is 31.4 Å². The normalized spacial score (nSPS) is 11.5. The van der Waals surface area contributed by atoms with Crippen LogP contribution < -0.4 is 15.5 Å². The van der Waals surface area contributed by atoms with E-state index in [-0.39, 0.29) is 24.4 Å². The largest absolute Gasteiger partial charge is 0.433 e. The molecule has 0 saturated carbocycles. The van der Waals surface area contributed by atoms with Crippen LogP contribution in [0.5, 0.6) is 0 Å². The van der Waals surface area contributed by atoms with E-state index >= 15 is 0 Å². The predicted molar refractivity (Wildman–Crippen MR) is 177 cm³/mol. The Balaban J connectivity index is 2.19. The number of ether oxygens (including phenoxy) is 3. The minimum Gasteiger partial charge on any atom is -0.433 e. The molecule has 0 aromatic heterocycles. The van der Waals surface area contributed by atoms with Crippen molar-refractivity contribution in [2.75, 3.05) is 55.1 Å². The summed E-state index contributed by atoms with van der Waals surface area (Å²) in [6.45, 7) is 13.2. The number of hydrogen-bond acceptors (Lipinski definition) is 8. The van der Waals surface area contributed by atoms with Crippen molar-refractivity contribution in [1.82, 2.24) is 4.90 Å². The zero-order chi connectivity index (χ0) is 33.5. The SMILES string of the molecule is CCC(CC(=O)OCOC(=O)CN(C)C(=O)OCCl)c1ccc(N(CC(C)C)CC(C)C)c(NC(=O)Nc2ccc(C)cc2)c1. The van der Waals surface area contributed by atoms with Gasteiger partial charge in [0.05, 0.1) is 17.8 Å². The number of carbonyl (C=O) groups is 4. The molecule has 45 heavy (non-hydrogen) atoms. The minimum absolute atomic E-state index is 0.0338. The van der Waals surface area contributed by atoms with Crippen LogP contribution in [0.15, 0.2) is 42.5 Å². The van der Waals surface area contributed by atoms with E-state index in [0.29, 0.717) is 29.6 Å². The summed E-state index contributed by atoms with van der Waals surface area (Å²) >= 11 is 5.35. The summed E-state index contributed by atoms with van der Waals surface area (Å²) in [5.74, 6) is -0.759. The van der Waals surface area contributed by atoms with Gasteiger partial charge in [-0.2, -0.15) is 0 Å². The number of esters is 2. The number of rotatable bonds is 16. The van der Waals surface area contributed by atoms with Crippen molar-refractivity contribution in [3.05, 3.63) is 53.6 Å². The Kier molecular flexibility index (Phi) is 15.5. The van der Waals surface area contributed by atoms with Crippen molar-refractivity contribution < 1.29 is 33.4 Å². The van der Waals surface area contributed by atoms with Crippen molar-refractivity contribution in [2.45, 2.75) is 60.3 Å². The summed E-state index contributed by atoms with van der Waals surface area (Å²) in [5, 5.41) is 5.94. The van der Waals surface area contributed by atoms with Crippen LogP contribution in [0.4, 0.5) is 26.7 Å². The molecule has 3 amide bonds. The molecule has 0 fully saturated rings. The highest BCUT2D eigenvalue weighted by atomic mass is 35.5. The fourth-order valence-electron chi connectivity index (χ4n) is 4.64. The summed E-state index contributed by atoms with van der Waals surface area (Å²) in [6.07, 6.45) is -0.126. The summed E-state index contributed by atoms with van der Waals surface area (Å²) in [7, 11) is 1.35. The fourth-order valence-corrected chi connectivity index (χ4v) is 4.73. The highest BCUT2D eigenvalue weighted by Gasteiger charge is 2.22. The Morgan fingerprint density at radius 2 is 1.49 bits per heavy atom. The third kappa shape index (κ3) is 13.3. The van der Waals surface area contributed by atoms with Gasteiger partial charge in [-0.15, -0.1) is 0 Å². The Morgan fingerprint density at radius 1 is 0.867 bits per heavy atom. The number of hydrogen-bond donors (Lipinski definition) is 2. The molecule has 2 N–H and O–H groups in total. The maximum atomic E-state index is 13.1. The van der Waals surface area contributed by atoms with Gasteiger partial charge in [-0.25, -0.2) is 9.59 Å². The van der Waals surface area contributed by atoms with Crippen LogP contribution in [-0.2, 0) is 23.8 Å². The number of carbonyl (C=O) groups excluding carboxylic acids is 4. The Hall–Kier alpha value is -3.99. The zero-order valence-electron chi connectivity index (χ0n) is 27.4. The first kappa shape index (κ1) is 37.2. The average molecular weight is 647 g/mol. The van der Waals surface area contributed by atoms with E-state index in [1.165, 1.54) is 7.05 Å². The third-order valence-corrected chi connectivity index (χ3v) is 6.87. The van der Waals surface area contributed by atoms with Gasteiger partial charge in [-0.05, 0) is 60.9 Å². The first-order valence-corrected chi connectivity index (χ1v) is 15.6. The topological polar surface area (TPSA) is 127 Å². The molecule has 0 spiro atoms. The van der Waals surface area contributed by atoms with E-state index in [1.807, 2.05) is 56.3 Å². The number of amides is 3. The van der Waals surface area contributed by atoms with Crippen LogP contribution in [0.1, 0.15) is 64.5 Å². The molecule has 2 rings (SSSR count). The Bertz CT molecular complexity index is 1260. The molecule has 11 nitrogen and oxygen atoms in total. The Labute approximate surface area is 271 Å². The van der Waals surface area contributed by atoms with Crippen LogP contribution in [0, 0.1) is 18.8 Å². The molecule has 1 atom stereocenters. The molecule has 0 aliphatic heterocycles. The quantitative estimate of drug-likeness (QED) is 0.114. The molecular formula is C33H47ClN4O7. The molecule has 0 saturated heterocycles. The molecular weight excluding hydrogens is 600 g/mol. The van der Waals surface area contributed by atoms with Crippen molar-refractivity contribution in [2.24, 2.45) is 11.8 Å². The maximum absolute atomic E-state index is 13.1. The van der Waals surface area contributed by atoms with E-state index in [4.69, 9.17) is 21.1 Å². The molecule has 248 valence electrons. The lowest BCUT2D eigenvalue weighted by atomic mass is 9.92. The van der Waals surface area contributed by atoms with Crippen LogP contribution >= 0.6 is 11.6 Å². The minimum atomic E-state index is -0.784. The smallest absolute Gasteiger partial charge is 0.411 e. The molecule has 0 radical (unpaired) electrons. The van der Waals surface area contributed by atoms with E-state index in [1.54, 1.807) is 0 Å². The van der Waals surface area contributed by atoms with Gasteiger partial charge < -0.3 is 34.6 Å². The second kappa shape index (κ2) is 18.7. The van der Waals surface area contributed by atoms with Crippen LogP contribution in [0.2, 0.25) is 0 Å². The monoisotopic (exact) mass is 646 g/mol. The van der Waals surface area contributed by atoms with Gasteiger partial charge in [-0.3, -0.25) is 9.59 Å². The predicted octanol–water partition coefficient (Wildman–Crippen LogP) is 6.95. The molecule has 0 aliphatic rings. The number of nitrogens with zero attached hydrogens (tertiary/aromatic N) is 2. The molecule has 0 heterocycles. The van der Waals surface area contributed by atoms with Crippen molar-refractivity contribution >= 4 is 52.7 Å². The van der Waals surface area contributed by atoms with Gasteiger partial charge in [0.2, 0.25) is 6.79 Å². The van der Waals surface area contributed by atoms with Gasteiger partial charge >= 0.3 is 24.1 Å². The van der Waals surface area contributed by atoms with Crippen LogP contribution in [0.25, 0.3) is 0 Å². The highest BCUT2D eigenvalue weighted by Crippen LogP contribution is 2.34. The number of halogens is 1. The summed E-state index contributed by atoms with van der Waals surface area (Å²) in [6, 6.07) is 12.7. The molecule has 2 aromatic rings. The van der Waals surface area contributed by atoms with Crippen molar-refractivity contribution in [3.63, 3.8) is 0 Å². The fraction of sp³-hybridized carbons (Fsp3) is 0.515. The van der Waals surface area contributed by atoms with Gasteiger partial charge in [-0.1, -0.05) is 70.0 Å². The second-order valence-corrected chi connectivity index (χ2v) is 12.0. The van der Waals surface area contributed by atoms with Gasteiger partial charge in [0.25, 0.3) is 0 Å². The lowest BCUT2D eigenvalue weighted by Crippen LogP contribution is -2.33. The standard InChI is InChI=1S/C33H47ClN4O7/c1-8-25(16-30(39)44-21-45-31(40)19-37(7)33(42)43-20-34)26-11-14-29(38(17-22(2)3)18-23(4)5)28(15-26)36-32(41)35-27-12-9-24(6)10-13-27/h9-15,22-23,25H,8,16-21H2,1-7H3,(H2,35,36,41). The van der Waals surface area contributed by atoms with Crippen LogP contribution in [0.3, 0.4) is 0 Å². The molecule has 1 unspecified atom stereocenters. The van der Waals surface area contributed by atoms with E-state index in [2.05, 4.69) is 48.0 Å². The van der Waals surface area contributed by atoms with E-state index in [9.17, 15) is 19.2 Å². The number of urea groups is 1.